The molecular formula is C24H23BrN4O2. The average Bonchev–Trinajstić information content (AvgIpc) is 3.24. The number of aromatic amines is 2. The summed E-state index contributed by atoms with van der Waals surface area (Å²) < 4.78 is 4.19. The summed E-state index contributed by atoms with van der Waals surface area (Å²) in [4.78, 5) is 28.6. The van der Waals surface area contributed by atoms with Crippen LogP contribution in [0, 0.1) is 0 Å². The van der Waals surface area contributed by atoms with E-state index >= 15 is 0 Å². The SMILES string of the molecule is CCc1ccccc1-c1cccc2[nH]c(=O)n(C)c12.Cn1c(=O)[nH]c2cccc(Br)c21. The van der Waals surface area contributed by atoms with E-state index in [1.54, 1.807) is 23.2 Å². The Kier molecular flexibility index (Phi) is 5.69. The van der Waals surface area contributed by atoms with E-state index in [-0.39, 0.29) is 11.4 Å². The van der Waals surface area contributed by atoms with Crippen LogP contribution in [0.3, 0.4) is 0 Å². The molecule has 31 heavy (non-hydrogen) atoms. The first-order valence-electron chi connectivity index (χ1n) is 10.0. The van der Waals surface area contributed by atoms with Gasteiger partial charge < -0.3 is 9.97 Å². The van der Waals surface area contributed by atoms with E-state index in [4.69, 9.17) is 0 Å². The fourth-order valence-electron chi connectivity index (χ4n) is 3.87. The van der Waals surface area contributed by atoms with Crippen molar-refractivity contribution in [1.82, 2.24) is 19.1 Å². The molecule has 0 bridgehead atoms. The zero-order valence-electron chi connectivity index (χ0n) is 17.6. The molecule has 3 aromatic carbocycles. The van der Waals surface area contributed by atoms with E-state index < -0.39 is 0 Å². The fraction of sp³-hybridized carbons (Fsp3) is 0.167. The molecule has 0 aliphatic rings. The lowest BCUT2D eigenvalue weighted by atomic mass is 9.97. The predicted octanol–water partition coefficient (Wildman–Crippen LogP) is 4.73. The summed E-state index contributed by atoms with van der Waals surface area (Å²) in [5, 5.41) is 0. The standard InChI is InChI=1S/C16H16N2O.C8H7BrN2O/c1-3-11-7-4-5-8-12(11)13-9-6-10-14-15(13)18(2)16(19)17-14;1-11-7-5(9)3-2-4-6(7)10-8(11)12/h4-10H,3H2,1-2H3,(H,17,19);2-4H,1H3,(H,10,12). The smallest absolute Gasteiger partial charge is 0.306 e. The van der Waals surface area contributed by atoms with Crippen molar-refractivity contribution >= 4 is 38.0 Å². The molecule has 5 rings (SSSR count). The Morgan fingerprint density at radius 3 is 1.94 bits per heavy atom. The number of halogens is 1. The van der Waals surface area contributed by atoms with Gasteiger partial charge in [-0.15, -0.1) is 0 Å². The first kappa shape index (κ1) is 20.9. The molecule has 0 saturated heterocycles. The topological polar surface area (TPSA) is 75.6 Å². The molecule has 6 nitrogen and oxygen atoms in total. The molecule has 0 aliphatic carbocycles. The molecule has 0 amide bonds. The van der Waals surface area contributed by atoms with Gasteiger partial charge in [-0.3, -0.25) is 9.13 Å². The van der Waals surface area contributed by atoms with Crippen LogP contribution in [0.1, 0.15) is 12.5 Å². The van der Waals surface area contributed by atoms with Crippen molar-refractivity contribution in [3.63, 3.8) is 0 Å². The van der Waals surface area contributed by atoms with E-state index in [2.05, 4.69) is 57.1 Å². The summed E-state index contributed by atoms with van der Waals surface area (Å²) in [5.41, 5.74) is 7.06. The molecule has 7 heteroatoms. The number of fused-ring (bicyclic) bond motifs is 2. The molecule has 2 aromatic heterocycles. The van der Waals surface area contributed by atoms with E-state index in [1.807, 2.05) is 36.4 Å². The van der Waals surface area contributed by atoms with Crippen molar-refractivity contribution in [2.24, 2.45) is 14.1 Å². The number of nitrogens with one attached hydrogen (secondary N) is 2. The highest BCUT2D eigenvalue weighted by molar-refractivity contribution is 9.10. The molecule has 0 atom stereocenters. The van der Waals surface area contributed by atoms with E-state index in [0.29, 0.717) is 0 Å². The molecule has 5 aromatic rings. The van der Waals surface area contributed by atoms with Gasteiger partial charge in [0.25, 0.3) is 0 Å². The third kappa shape index (κ3) is 3.77. The van der Waals surface area contributed by atoms with Gasteiger partial charge in [0.15, 0.2) is 0 Å². The number of hydrogen-bond donors (Lipinski definition) is 2. The van der Waals surface area contributed by atoms with E-state index in [9.17, 15) is 9.59 Å². The number of imidazole rings is 2. The van der Waals surface area contributed by atoms with Gasteiger partial charge in [0.05, 0.1) is 22.1 Å². The van der Waals surface area contributed by atoms with Crippen LogP contribution >= 0.6 is 15.9 Å². The van der Waals surface area contributed by atoms with Crippen molar-refractivity contribution in [2.75, 3.05) is 0 Å². The maximum absolute atomic E-state index is 11.8. The summed E-state index contributed by atoms with van der Waals surface area (Å²) in [5.74, 6) is 0. The first-order valence-corrected chi connectivity index (χ1v) is 10.8. The van der Waals surface area contributed by atoms with Crippen LogP contribution in [0.25, 0.3) is 33.2 Å². The van der Waals surface area contributed by atoms with Crippen LogP contribution in [0.5, 0.6) is 0 Å². The van der Waals surface area contributed by atoms with Crippen molar-refractivity contribution in [2.45, 2.75) is 13.3 Å². The zero-order valence-corrected chi connectivity index (χ0v) is 19.2. The van der Waals surface area contributed by atoms with Crippen LogP contribution in [0.2, 0.25) is 0 Å². The molecular weight excluding hydrogens is 456 g/mol. The van der Waals surface area contributed by atoms with Gasteiger partial charge in [-0.25, -0.2) is 9.59 Å². The summed E-state index contributed by atoms with van der Waals surface area (Å²) in [6.45, 7) is 2.15. The van der Waals surface area contributed by atoms with Gasteiger partial charge >= 0.3 is 11.4 Å². The van der Waals surface area contributed by atoms with Gasteiger partial charge in [-0.1, -0.05) is 49.4 Å². The first-order chi connectivity index (χ1) is 14.9. The monoisotopic (exact) mass is 478 g/mol. The Bertz CT molecular complexity index is 1500. The lowest BCUT2D eigenvalue weighted by Crippen LogP contribution is -2.12. The number of aryl methyl sites for hydroxylation is 3. The van der Waals surface area contributed by atoms with Crippen LogP contribution in [-0.4, -0.2) is 19.1 Å². The van der Waals surface area contributed by atoms with Gasteiger partial charge in [0.1, 0.15) is 0 Å². The summed E-state index contributed by atoms with van der Waals surface area (Å²) in [7, 11) is 3.55. The second-order valence-corrected chi connectivity index (χ2v) is 8.18. The third-order valence-corrected chi connectivity index (χ3v) is 6.11. The average molecular weight is 479 g/mol. The summed E-state index contributed by atoms with van der Waals surface area (Å²) in [6.07, 6.45) is 0.977. The highest BCUT2D eigenvalue weighted by Crippen LogP contribution is 2.29. The van der Waals surface area contributed by atoms with Gasteiger partial charge in [-0.2, -0.15) is 0 Å². The highest BCUT2D eigenvalue weighted by Gasteiger charge is 2.11. The molecule has 0 radical (unpaired) electrons. The lowest BCUT2D eigenvalue weighted by Gasteiger charge is -2.10. The molecule has 0 saturated carbocycles. The van der Waals surface area contributed by atoms with Crippen molar-refractivity contribution < 1.29 is 0 Å². The summed E-state index contributed by atoms with van der Waals surface area (Å²) >= 11 is 3.38. The number of hydrogen-bond acceptors (Lipinski definition) is 2. The molecule has 0 unspecified atom stereocenters. The Labute approximate surface area is 187 Å². The van der Waals surface area contributed by atoms with Crippen LogP contribution in [0.15, 0.2) is 74.7 Å². The predicted molar refractivity (Wildman–Crippen MR) is 130 cm³/mol. The van der Waals surface area contributed by atoms with Crippen molar-refractivity contribution in [3.8, 4) is 11.1 Å². The Balaban J connectivity index is 0.000000166. The molecule has 2 heterocycles. The molecule has 2 N–H and O–H groups in total. The normalized spacial score (nSPS) is 11.0. The summed E-state index contributed by atoms with van der Waals surface area (Å²) in [6, 6.07) is 20.0. The van der Waals surface area contributed by atoms with Crippen LogP contribution < -0.4 is 11.4 Å². The Hall–Kier alpha value is -3.32. The minimum atomic E-state index is -0.0862. The number of para-hydroxylation sites is 2. The highest BCUT2D eigenvalue weighted by atomic mass is 79.9. The quantitative estimate of drug-likeness (QED) is 0.384. The largest absolute Gasteiger partial charge is 0.326 e. The minimum Gasteiger partial charge on any atom is -0.306 e. The van der Waals surface area contributed by atoms with Crippen LogP contribution in [-0.2, 0) is 20.5 Å². The second-order valence-electron chi connectivity index (χ2n) is 7.33. The van der Waals surface area contributed by atoms with E-state index in [0.717, 1.165) is 38.5 Å². The maximum Gasteiger partial charge on any atom is 0.326 e. The molecule has 0 aliphatic heterocycles. The molecule has 158 valence electrons. The Morgan fingerprint density at radius 1 is 0.742 bits per heavy atom. The minimum absolute atomic E-state index is 0.0728. The number of nitrogens with zero attached hydrogens (tertiary/aromatic N) is 2. The van der Waals surface area contributed by atoms with Gasteiger partial charge in [-0.05, 0) is 51.7 Å². The van der Waals surface area contributed by atoms with Crippen molar-refractivity contribution in [1.29, 1.82) is 0 Å². The van der Waals surface area contributed by atoms with Gasteiger partial charge in [0, 0.05) is 24.1 Å². The Morgan fingerprint density at radius 2 is 1.29 bits per heavy atom. The van der Waals surface area contributed by atoms with Crippen LogP contribution in [0.4, 0.5) is 0 Å². The number of rotatable bonds is 2. The molecule has 0 fully saturated rings. The zero-order chi connectivity index (χ0) is 22.1. The number of benzene rings is 3. The maximum atomic E-state index is 11.8. The van der Waals surface area contributed by atoms with Crippen molar-refractivity contribution in [3.05, 3.63) is 91.7 Å². The van der Waals surface area contributed by atoms with Gasteiger partial charge in [0.2, 0.25) is 0 Å². The lowest BCUT2D eigenvalue weighted by molar-refractivity contribution is 0.890. The number of aromatic nitrogens is 4. The fourth-order valence-corrected chi connectivity index (χ4v) is 4.50. The second kappa shape index (κ2) is 8.43. The third-order valence-electron chi connectivity index (χ3n) is 5.47. The van der Waals surface area contributed by atoms with E-state index in [1.165, 1.54) is 11.1 Å². The molecule has 0 spiro atoms. The number of H-pyrrole nitrogens is 2.